The van der Waals surface area contributed by atoms with Crippen LogP contribution in [0.1, 0.15) is 27.2 Å². The van der Waals surface area contributed by atoms with Crippen molar-refractivity contribution in [2.24, 2.45) is 5.73 Å². The number of nitrogens with one attached hydrogen (secondary N) is 1. The van der Waals surface area contributed by atoms with Crippen LogP contribution in [0.25, 0.3) is 0 Å². The van der Waals surface area contributed by atoms with Gasteiger partial charge in [-0.3, -0.25) is 14.9 Å². The number of carbonyl (C=O) groups is 2. The summed E-state index contributed by atoms with van der Waals surface area (Å²) in [6.45, 7) is 4.28. The van der Waals surface area contributed by atoms with Gasteiger partial charge in [0.25, 0.3) is 5.91 Å². The Kier molecular flexibility index (Phi) is 9.55. The van der Waals surface area contributed by atoms with E-state index in [0.29, 0.717) is 0 Å². The molecule has 0 aliphatic carbocycles. The quantitative estimate of drug-likeness (QED) is 0.387. The Bertz CT molecular complexity index is 385. The fourth-order valence-corrected chi connectivity index (χ4v) is 1.51. The van der Waals surface area contributed by atoms with Crippen LogP contribution in [-0.4, -0.2) is 54.6 Å². The molecular formula is C14H25FN2O5. The van der Waals surface area contributed by atoms with E-state index in [1.54, 1.807) is 0 Å². The van der Waals surface area contributed by atoms with E-state index in [1.807, 2.05) is 19.2 Å². The summed E-state index contributed by atoms with van der Waals surface area (Å²) in [5, 5.41) is 11.1. The molecule has 0 saturated heterocycles. The van der Waals surface area contributed by atoms with Crippen LogP contribution in [0.4, 0.5) is 4.39 Å². The number of imide groups is 1. The molecule has 0 aliphatic heterocycles. The van der Waals surface area contributed by atoms with Crippen LogP contribution >= 0.6 is 0 Å². The second kappa shape index (κ2) is 10.3. The lowest BCUT2D eigenvalue weighted by atomic mass is 9.99. The zero-order valence-electron chi connectivity index (χ0n) is 13.2. The zero-order chi connectivity index (χ0) is 17.2. The summed E-state index contributed by atoms with van der Waals surface area (Å²) in [6.07, 6.45) is 0.320. The van der Waals surface area contributed by atoms with Crippen LogP contribution < -0.4 is 11.1 Å². The summed E-state index contributed by atoms with van der Waals surface area (Å²) < 4.78 is 24.7. The molecular weight excluding hydrogens is 295 g/mol. The third kappa shape index (κ3) is 8.71. The van der Waals surface area contributed by atoms with Crippen molar-refractivity contribution >= 4 is 11.8 Å². The highest BCUT2D eigenvalue weighted by atomic mass is 19.1. The van der Waals surface area contributed by atoms with Crippen molar-refractivity contribution < 1.29 is 28.6 Å². The van der Waals surface area contributed by atoms with Crippen molar-refractivity contribution in [3.63, 3.8) is 0 Å². The predicted molar refractivity (Wildman–Crippen MR) is 78.5 cm³/mol. The first-order valence-electron chi connectivity index (χ1n) is 6.98. The molecule has 0 aromatic carbocycles. The average molecular weight is 320 g/mol. The number of ether oxygens (including phenoxy) is 2. The molecule has 0 aromatic rings. The van der Waals surface area contributed by atoms with Crippen molar-refractivity contribution in [2.75, 3.05) is 19.8 Å². The minimum Gasteiger partial charge on any atom is -0.404 e. The maximum atomic E-state index is 14.2. The number of hydrogen-bond acceptors (Lipinski definition) is 6. The molecule has 0 rings (SSSR count). The first kappa shape index (κ1) is 20.5. The molecule has 0 aliphatic rings. The largest absolute Gasteiger partial charge is 0.404 e. The van der Waals surface area contributed by atoms with Gasteiger partial charge >= 0.3 is 0 Å². The summed E-state index contributed by atoms with van der Waals surface area (Å²) in [6, 6.07) is 0. The molecule has 0 unspecified atom stereocenters. The highest BCUT2D eigenvalue weighted by Crippen LogP contribution is 2.21. The van der Waals surface area contributed by atoms with Gasteiger partial charge in [-0.25, -0.2) is 4.39 Å². The summed E-state index contributed by atoms with van der Waals surface area (Å²) >= 11 is 0. The Morgan fingerprint density at radius 3 is 2.45 bits per heavy atom. The van der Waals surface area contributed by atoms with Gasteiger partial charge < -0.3 is 20.3 Å². The van der Waals surface area contributed by atoms with Gasteiger partial charge in [0.1, 0.15) is 6.10 Å². The second-order valence-electron chi connectivity index (χ2n) is 5.19. The molecule has 4 N–H and O–H groups in total. The number of aliphatic hydroxyl groups excluding tert-OH is 1. The van der Waals surface area contributed by atoms with Crippen molar-refractivity contribution in [3.05, 3.63) is 12.3 Å². The third-order valence-electron chi connectivity index (χ3n) is 2.72. The molecule has 2 amide bonds. The highest BCUT2D eigenvalue weighted by Gasteiger charge is 2.36. The molecule has 0 fully saturated rings. The summed E-state index contributed by atoms with van der Waals surface area (Å²) in [4.78, 5) is 22.9. The number of rotatable bonds is 10. The predicted octanol–water partition coefficient (Wildman–Crippen LogP) is 0.0224. The van der Waals surface area contributed by atoms with E-state index in [0.717, 1.165) is 19.2 Å². The lowest BCUT2D eigenvalue weighted by molar-refractivity contribution is -0.136. The number of hydrogen-bond donors (Lipinski definition) is 3. The van der Waals surface area contributed by atoms with Crippen LogP contribution in [0.15, 0.2) is 12.3 Å². The van der Waals surface area contributed by atoms with Gasteiger partial charge in [0, 0.05) is 6.08 Å². The molecule has 2 atom stereocenters. The van der Waals surface area contributed by atoms with Crippen molar-refractivity contribution in [1.82, 2.24) is 5.32 Å². The number of halogens is 1. The average Bonchev–Trinajstić information content (AvgIpc) is 2.41. The summed E-state index contributed by atoms with van der Waals surface area (Å²) in [5.74, 6) is -1.44. The lowest BCUT2D eigenvalue weighted by Crippen LogP contribution is -2.45. The van der Waals surface area contributed by atoms with Gasteiger partial charge in [0.2, 0.25) is 5.91 Å². The molecule has 0 radical (unpaired) electrons. The fourth-order valence-electron chi connectivity index (χ4n) is 1.51. The van der Waals surface area contributed by atoms with Crippen LogP contribution in [0, 0.1) is 0 Å². The molecule has 8 heteroatoms. The van der Waals surface area contributed by atoms with Gasteiger partial charge in [0.05, 0.1) is 32.3 Å². The molecule has 7 nitrogen and oxygen atoms in total. The minimum atomic E-state index is -2.12. The first-order chi connectivity index (χ1) is 10.2. The molecule has 0 aromatic heterocycles. The standard InChI is InChI=1S/C14H25FN2O5/c1-10(2)21-6-7-22-11(14(3,15)9-18)8-13(20)17-12(19)4-5-16/h4-5,10-11,18H,6-9,16H2,1-3H3,(H,17,19,20)/b5-4-/t11-,14-/m1/s1. The molecule has 0 spiro atoms. The summed E-state index contributed by atoms with van der Waals surface area (Å²) in [7, 11) is 0. The van der Waals surface area contributed by atoms with Crippen molar-refractivity contribution in [2.45, 2.75) is 45.1 Å². The number of aliphatic hydroxyl groups is 1. The van der Waals surface area contributed by atoms with E-state index in [-0.39, 0.29) is 19.3 Å². The number of alkyl halides is 1. The van der Waals surface area contributed by atoms with Crippen LogP contribution in [-0.2, 0) is 19.1 Å². The van der Waals surface area contributed by atoms with E-state index in [1.165, 1.54) is 0 Å². The van der Waals surface area contributed by atoms with E-state index in [4.69, 9.17) is 20.3 Å². The molecule has 0 bridgehead atoms. The SMILES string of the molecule is CC(C)OCCO[C@H](CC(=O)NC(=O)/C=C\N)[C@](C)(F)CO. The van der Waals surface area contributed by atoms with E-state index >= 15 is 0 Å². The maximum Gasteiger partial charge on any atom is 0.251 e. The Balaban J connectivity index is 4.53. The Morgan fingerprint density at radius 1 is 1.36 bits per heavy atom. The smallest absolute Gasteiger partial charge is 0.251 e. The zero-order valence-corrected chi connectivity index (χ0v) is 13.2. The van der Waals surface area contributed by atoms with Gasteiger partial charge in [-0.2, -0.15) is 0 Å². The lowest BCUT2D eigenvalue weighted by Gasteiger charge is -2.28. The van der Waals surface area contributed by atoms with Crippen LogP contribution in [0.2, 0.25) is 0 Å². The van der Waals surface area contributed by atoms with E-state index in [9.17, 15) is 14.0 Å². The van der Waals surface area contributed by atoms with Crippen molar-refractivity contribution in [3.8, 4) is 0 Å². The van der Waals surface area contributed by atoms with E-state index < -0.39 is 36.6 Å². The molecule has 128 valence electrons. The highest BCUT2D eigenvalue weighted by molar-refractivity contribution is 6.00. The van der Waals surface area contributed by atoms with Crippen LogP contribution in [0.5, 0.6) is 0 Å². The minimum absolute atomic E-state index is 0.000576. The fraction of sp³-hybridized carbons (Fsp3) is 0.714. The Morgan fingerprint density at radius 2 is 1.95 bits per heavy atom. The Labute approximate surface area is 129 Å². The van der Waals surface area contributed by atoms with Gasteiger partial charge in [-0.15, -0.1) is 0 Å². The molecule has 0 saturated carbocycles. The normalized spacial score (nSPS) is 15.7. The van der Waals surface area contributed by atoms with Gasteiger partial charge in [0.15, 0.2) is 5.67 Å². The topological polar surface area (TPSA) is 111 Å². The first-order valence-corrected chi connectivity index (χ1v) is 6.98. The number of carbonyl (C=O) groups excluding carboxylic acids is 2. The van der Waals surface area contributed by atoms with E-state index in [2.05, 4.69) is 0 Å². The maximum absolute atomic E-state index is 14.2. The summed E-state index contributed by atoms with van der Waals surface area (Å²) in [5.41, 5.74) is 2.90. The number of amides is 2. The monoisotopic (exact) mass is 320 g/mol. The van der Waals surface area contributed by atoms with Gasteiger partial charge in [-0.1, -0.05) is 0 Å². The molecule has 22 heavy (non-hydrogen) atoms. The number of nitrogens with two attached hydrogens (primary N) is 1. The Hall–Kier alpha value is -1.51. The van der Waals surface area contributed by atoms with Crippen molar-refractivity contribution in [1.29, 1.82) is 0 Å². The van der Waals surface area contributed by atoms with Crippen LogP contribution in [0.3, 0.4) is 0 Å². The third-order valence-corrected chi connectivity index (χ3v) is 2.72. The molecule has 0 heterocycles. The second-order valence-corrected chi connectivity index (χ2v) is 5.19. The van der Waals surface area contributed by atoms with Gasteiger partial charge in [-0.05, 0) is 27.0 Å².